The van der Waals surface area contributed by atoms with Crippen LogP contribution in [0.15, 0.2) is 42.5 Å². The van der Waals surface area contributed by atoms with Gasteiger partial charge in [-0.25, -0.2) is 4.39 Å². The summed E-state index contributed by atoms with van der Waals surface area (Å²) < 4.78 is 13.1. The molecule has 0 radical (unpaired) electrons. The maximum Gasteiger partial charge on any atom is 0.255 e. The molecule has 2 aromatic carbocycles. The summed E-state index contributed by atoms with van der Waals surface area (Å²) >= 11 is 5.88. The van der Waals surface area contributed by atoms with Crippen molar-refractivity contribution in [3.63, 3.8) is 0 Å². The van der Waals surface area contributed by atoms with Gasteiger partial charge in [-0.3, -0.25) is 4.79 Å². The Kier molecular flexibility index (Phi) is 4.94. The second kappa shape index (κ2) is 6.89. The minimum absolute atomic E-state index is 0.200. The van der Waals surface area contributed by atoms with Gasteiger partial charge in [0.1, 0.15) is 12.4 Å². The number of hydrogen-bond donors (Lipinski definition) is 2. The van der Waals surface area contributed by atoms with Gasteiger partial charge in [-0.15, -0.1) is 0 Å². The van der Waals surface area contributed by atoms with Crippen LogP contribution in [0.5, 0.6) is 0 Å². The van der Waals surface area contributed by atoms with Crippen molar-refractivity contribution >= 4 is 23.2 Å². The van der Waals surface area contributed by atoms with E-state index in [0.29, 0.717) is 16.3 Å². The first-order valence-corrected chi connectivity index (χ1v) is 6.44. The molecule has 0 bridgehead atoms. The second-order valence-corrected chi connectivity index (χ2v) is 4.55. The highest BCUT2D eigenvalue weighted by molar-refractivity contribution is 6.30. The van der Waals surface area contributed by atoms with Crippen LogP contribution in [0.3, 0.4) is 0 Å². The van der Waals surface area contributed by atoms with Crippen LogP contribution in [-0.2, 0) is 0 Å². The molecule has 0 spiro atoms. The van der Waals surface area contributed by atoms with Gasteiger partial charge in [0.15, 0.2) is 0 Å². The molecule has 0 saturated carbocycles. The van der Waals surface area contributed by atoms with Gasteiger partial charge < -0.3 is 10.4 Å². The summed E-state index contributed by atoms with van der Waals surface area (Å²) in [6.07, 6.45) is 0. The zero-order valence-electron chi connectivity index (χ0n) is 10.9. The van der Waals surface area contributed by atoms with Gasteiger partial charge in [-0.1, -0.05) is 29.5 Å². The highest BCUT2D eigenvalue weighted by atomic mass is 35.5. The number of hydrogen-bond acceptors (Lipinski definition) is 2. The van der Waals surface area contributed by atoms with Gasteiger partial charge in [0.25, 0.3) is 5.91 Å². The van der Waals surface area contributed by atoms with Crippen molar-refractivity contribution in [1.29, 1.82) is 0 Å². The lowest BCUT2D eigenvalue weighted by atomic mass is 10.1. The first kappa shape index (κ1) is 15.0. The molecule has 5 heteroatoms. The highest BCUT2D eigenvalue weighted by Crippen LogP contribution is 2.20. The van der Waals surface area contributed by atoms with Crippen LogP contribution >= 0.6 is 11.6 Å². The molecule has 0 aromatic heterocycles. The molecule has 3 nitrogen and oxygen atoms in total. The van der Waals surface area contributed by atoms with Crippen molar-refractivity contribution in [2.45, 2.75) is 0 Å². The monoisotopic (exact) mass is 303 g/mol. The quantitative estimate of drug-likeness (QED) is 0.838. The summed E-state index contributed by atoms with van der Waals surface area (Å²) in [4.78, 5) is 12.1. The number of anilines is 1. The van der Waals surface area contributed by atoms with Crippen LogP contribution in [-0.4, -0.2) is 17.6 Å². The predicted octanol–water partition coefficient (Wildman–Crippen LogP) is 3.08. The molecule has 106 valence electrons. The van der Waals surface area contributed by atoms with Gasteiger partial charge in [0.05, 0.1) is 5.69 Å². The number of rotatable bonds is 2. The standard InChI is InChI=1S/C16H11ClFNO2/c17-13-6-7-15(11(9-13)4-2-8-20)19-16(21)12-3-1-5-14(18)10-12/h1,3,5-7,9-10,20H,8H2,(H,19,21). The zero-order valence-corrected chi connectivity index (χ0v) is 11.6. The number of carbonyl (C=O) groups is 1. The maximum atomic E-state index is 13.1. The predicted molar refractivity (Wildman–Crippen MR) is 79.8 cm³/mol. The molecule has 2 aromatic rings. The lowest BCUT2D eigenvalue weighted by Gasteiger charge is -2.08. The maximum absolute atomic E-state index is 13.1. The van der Waals surface area contributed by atoms with E-state index in [1.807, 2.05) is 0 Å². The molecular weight excluding hydrogens is 293 g/mol. The Morgan fingerprint density at radius 1 is 1.29 bits per heavy atom. The van der Waals surface area contributed by atoms with Crippen LogP contribution in [0.2, 0.25) is 5.02 Å². The molecule has 0 saturated heterocycles. The summed E-state index contributed by atoms with van der Waals surface area (Å²) in [6.45, 7) is -0.302. The van der Waals surface area contributed by atoms with Gasteiger partial charge in [-0.2, -0.15) is 0 Å². The molecule has 0 fully saturated rings. The van der Waals surface area contributed by atoms with Crippen molar-refractivity contribution in [2.24, 2.45) is 0 Å². The van der Waals surface area contributed by atoms with Crippen molar-refractivity contribution in [2.75, 3.05) is 11.9 Å². The minimum Gasteiger partial charge on any atom is -0.384 e. The molecule has 0 atom stereocenters. The summed E-state index contributed by atoms with van der Waals surface area (Å²) in [7, 11) is 0. The molecule has 0 unspecified atom stereocenters. The van der Waals surface area contributed by atoms with Crippen molar-refractivity contribution < 1.29 is 14.3 Å². The Balaban J connectivity index is 2.29. The summed E-state index contributed by atoms with van der Waals surface area (Å²) in [5.74, 6) is 4.25. The number of amides is 1. The summed E-state index contributed by atoms with van der Waals surface area (Å²) in [5.41, 5.74) is 1.11. The highest BCUT2D eigenvalue weighted by Gasteiger charge is 2.09. The first-order chi connectivity index (χ1) is 10.1. The molecule has 2 rings (SSSR count). The normalized spacial score (nSPS) is 9.67. The average molecular weight is 304 g/mol. The number of benzene rings is 2. The Labute approximate surface area is 126 Å². The smallest absolute Gasteiger partial charge is 0.255 e. The van der Waals surface area contributed by atoms with Crippen LogP contribution in [0, 0.1) is 17.7 Å². The van der Waals surface area contributed by atoms with Crippen LogP contribution in [0.4, 0.5) is 10.1 Å². The van der Waals surface area contributed by atoms with Crippen molar-refractivity contribution in [3.05, 3.63) is 64.4 Å². The van der Waals surface area contributed by atoms with Crippen LogP contribution < -0.4 is 5.32 Å². The van der Waals surface area contributed by atoms with Crippen LogP contribution in [0.1, 0.15) is 15.9 Å². The molecule has 1 amide bonds. The number of nitrogens with one attached hydrogen (secondary N) is 1. The molecule has 0 heterocycles. The number of halogens is 2. The molecule has 0 aliphatic rings. The number of carbonyl (C=O) groups excluding carboxylic acids is 1. The van der Waals surface area contributed by atoms with Crippen molar-refractivity contribution in [3.8, 4) is 11.8 Å². The molecule has 0 aliphatic carbocycles. The molecule has 21 heavy (non-hydrogen) atoms. The van der Waals surface area contributed by atoms with Gasteiger partial charge >= 0.3 is 0 Å². The third-order valence-electron chi connectivity index (χ3n) is 2.62. The first-order valence-electron chi connectivity index (χ1n) is 6.06. The lowest BCUT2D eigenvalue weighted by molar-refractivity contribution is 0.102. The van der Waals surface area contributed by atoms with Crippen molar-refractivity contribution in [1.82, 2.24) is 0 Å². The van der Waals surface area contributed by atoms with E-state index in [2.05, 4.69) is 17.2 Å². The summed E-state index contributed by atoms with van der Waals surface area (Å²) in [5, 5.41) is 11.8. The SMILES string of the molecule is O=C(Nc1ccc(Cl)cc1C#CCO)c1cccc(F)c1. The lowest BCUT2D eigenvalue weighted by Crippen LogP contribution is -2.13. The fourth-order valence-corrected chi connectivity index (χ4v) is 1.86. The Bertz CT molecular complexity index is 735. The second-order valence-electron chi connectivity index (χ2n) is 4.11. The van der Waals surface area contributed by atoms with E-state index >= 15 is 0 Å². The third kappa shape index (κ3) is 4.06. The molecule has 0 aliphatic heterocycles. The van der Waals surface area contributed by atoms with E-state index in [1.165, 1.54) is 18.2 Å². The van der Waals surface area contributed by atoms with E-state index in [1.54, 1.807) is 18.2 Å². The van der Waals surface area contributed by atoms with E-state index in [-0.39, 0.29) is 12.2 Å². The third-order valence-corrected chi connectivity index (χ3v) is 2.85. The Morgan fingerprint density at radius 3 is 2.81 bits per heavy atom. The molecular formula is C16H11ClFNO2. The van der Waals surface area contributed by atoms with Crippen LogP contribution in [0.25, 0.3) is 0 Å². The van der Waals surface area contributed by atoms with Gasteiger partial charge in [-0.05, 0) is 36.4 Å². The Morgan fingerprint density at radius 2 is 2.10 bits per heavy atom. The van der Waals surface area contributed by atoms with E-state index in [4.69, 9.17) is 16.7 Å². The largest absolute Gasteiger partial charge is 0.384 e. The average Bonchev–Trinajstić information content (AvgIpc) is 2.47. The number of aliphatic hydroxyl groups is 1. The van der Waals surface area contributed by atoms with E-state index in [9.17, 15) is 9.18 Å². The van der Waals surface area contributed by atoms with Gasteiger partial charge in [0.2, 0.25) is 0 Å². The topological polar surface area (TPSA) is 49.3 Å². The summed E-state index contributed by atoms with van der Waals surface area (Å²) in [6, 6.07) is 10.1. The number of aliphatic hydroxyl groups excluding tert-OH is 1. The van der Waals surface area contributed by atoms with Gasteiger partial charge in [0, 0.05) is 16.1 Å². The van der Waals surface area contributed by atoms with E-state index < -0.39 is 11.7 Å². The fourth-order valence-electron chi connectivity index (χ4n) is 1.69. The molecule has 2 N–H and O–H groups in total. The fraction of sp³-hybridized carbons (Fsp3) is 0.0625. The zero-order chi connectivity index (χ0) is 15.2. The Hall–Kier alpha value is -2.35. The van der Waals surface area contributed by atoms with E-state index in [0.717, 1.165) is 6.07 Å². The minimum atomic E-state index is -0.487.